The molecule has 0 aliphatic carbocycles. The van der Waals surface area contributed by atoms with Gasteiger partial charge in [-0.3, -0.25) is 10.1 Å². The number of nitrogens with zero attached hydrogens (tertiary/aromatic N) is 3. The summed E-state index contributed by atoms with van der Waals surface area (Å²) in [4.78, 5) is 17.5. The summed E-state index contributed by atoms with van der Waals surface area (Å²) in [6, 6.07) is 12.1. The molecule has 6 heteroatoms. The van der Waals surface area contributed by atoms with Crippen LogP contribution in [0.3, 0.4) is 0 Å². The highest BCUT2D eigenvalue weighted by molar-refractivity contribution is 7.15. The molecule has 2 heterocycles. The number of rotatable bonds is 4. The smallest absolute Gasteiger partial charge is 0.268 e. The maximum absolute atomic E-state index is 12.4. The van der Waals surface area contributed by atoms with Crippen molar-refractivity contribution in [2.24, 2.45) is 0 Å². The van der Waals surface area contributed by atoms with Crippen LogP contribution in [0.4, 0.5) is 5.13 Å². The summed E-state index contributed by atoms with van der Waals surface area (Å²) in [5.41, 5.74) is 5.17. The van der Waals surface area contributed by atoms with E-state index in [-0.39, 0.29) is 5.57 Å². The molecule has 5 nitrogen and oxygen atoms in total. The minimum absolute atomic E-state index is 0.0490. The molecule has 0 saturated carbocycles. The molecule has 0 unspecified atom stereocenters. The summed E-state index contributed by atoms with van der Waals surface area (Å²) >= 11 is 1.38. The number of carbonyl (C=O) groups is 1. The summed E-state index contributed by atoms with van der Waals surface area (Å²) in [6.45, 7) is 7.98. The summed E-state index contributed by atoms with van der Waals surface area (Å²) in [5, 5.41) is 12.6. The Kier molecular flexibility index (Phi) is 5.24. The number of anilines is 1. The predicted octanol–water partition coefficient (Wildman–Crippen LogP) is 4.71. The molecule has 0 aliphatic heterocycles. The fourth-order valence-corrected chi connectivity index (χ4v) is 3.66. The largest absolute Gasteiger partial charge is 0.318 e. The summed E-state index contributed by atoms with van der Waals surface area (Å²) in [6.07, 6.45) is 3.32. The molecule has 0 bridgehead atoms. The minimum Gasteiger partial charge on any atom is -0.318 e. The Morgan fingerprint density at radius 2 is 2.00 bits per heavy atom. The number of benzene rings is 1. The monoisotopic (exact) mass is 376 g/mol. The van der Waals surface area contributed by atoms with Gasteiger partial charge in [0.25, 0.3) is 5.91 Å². The van der Waals surface area contributed by atoms with Crippen molar-refractivity contribution in [3.63, 3.8) is 0 Å². The molecule has 1 aromatic carbocycles. The number of hydrogen-bond donors (Lipinski definition) is 1. The van der Waals surface area contributed by atoms with Gasteiger partial charge in [-0.25, -0.2) is 4.98 Å². The number of para-hydroxylation sites is 1. The van der Waals surface area contributed by atoms with Crippen molar-refractivity contribution in [1.29, 1.82) is 5.26 Å². The summed E-state index contributed by atoms with van der Waals surface area (Å²) in [5.74, 6) is -0.451. The van der Waals surface area contributed by atoms with Crippen molar-refractivity contribution < 1.29 is 4.79 Å². The molecule has 1 N–H and O–H groups in total. The van der Waals surface area contributed by atoms with E-state index in [1.54, 1.807) is 12.3 Å². The van der Waals surface area contributed by atoms with E-state index in [9.17, 15) is 10.1 Å². The highest BCUT2D eigenvalue weighted by atomic mass is 32.1. The van der Waals surface area contributed by atoms with Crippen LogP contribution in [0.15, 0.2) is 42.1 Å². The Bertz CT molecular complexity index is 1080. The van der Waals surface area contributed by atoms with E-state index in [0.29, 0.717) is 5.13 Å². The number of hydrogen-bond acceptors (Lipinski definition) is 4. The molecular formula is C21H20N4OS. The lowest BCUT2D eigenvalue weighted by Gasteiger charge is -2.12. The van der Waals surface area contributed by atoms with Gasteiger partial charge in [0.2, 0.25) is 0 Å². The topological polar surface area (TPSA) is 70.7 Å². The Hall–Kier alpha value is -3.17. The molecule has 0 aliphatic rings. The molecule has 0 fully saturated rings. The first-order valence-electron chi connectivity index (χ1n) is 8.51. The van der Waals surface area contributed by atoms with Crippen molar-refractivity contribution in [3.05, 3.63) is 69.5 Å². The quantitative estimate of drug-likeness (QED) is 0.529. The molecule has 136 valence electrons. The van der Waals surface area contributed by atoms with E-state index in [4.69, 9.17) is 0 Å². The van der Waals surface area contributed by atoms with Crippen molar-refractivity contribution in [2.75, 3.05) is 5.32 Å². The van der Waals surface area contributed by atoms with Crippen molar-refractivity contribution in [2.45, 2.75) is 27.7 Å². The number of carbonyl (C=O) groups excluding carboxylic acids is 1. The molecular weight excluding hydrogens is 356 g/mol. The number of thiazole rings is 1. The minimum atomic E-state index is -0.451. The average Bonchev–Trinajstić information content (AvgIpc) is 3.16. The lowest BCUT2D eigenvalue weighted by atomic mass is 10.1. The highest BCUT2D eigenvalue weighted by Crippen LogP contribution is 2.25. The first-order valence-corrected chi connectivity index (χ1v) is 9.33. The third-order valence-corrected chi connectivity index (χ3v) is 5.16. The van der Waals surface area contributed by atoms with Crippen LogP contribution < -0.4 is 5.32 Å². The maximum Gasteiger partial charge on any atom is 0.268 e. The fourth-order valence-electron chi connectivity index (χ4n) is 3.00. The van der Waals surface area contributed by atoms with E-state index in [0.717, 1.165) is 33.1 Å². The first-order chi connectivity index (χ1) is 12.9. The number of amides is 1. The van der Waals surface area contributed by atoms with Crippen LogP contribution in [0.1, 0.15) is 27.4 Å². The van der Waals surface area contributed by atoms with Gasteiger partial charge in [0, 0.05) is 28.1 Å². The normalized spacial score (nSPS) is 11.3. The van der Waals surface area contributed by atoms with Crippen LogP contribution in [0.5, 0.6) is 0 Å². The Morgan fingerprint density at radius 3 is 2.63 bits per heavy atom. The average molecular weight is 376 g/mol. The van der Waals surface area contributed by atoms with Crippen LogP contribution in [-0.2, 0) is 4.79 Å². The van der Waals surface area contributed by atoms with Gasteiger partial charge in [-0.1, -0.05) is 18.2 Å². The van der Waals surface area contributed by atoms with Gasteiger partial charge in [0.15, 0.2) is 5.13 Å². The summed E-state index contributed by atoms with van der Waals surface area (Å²) in [7, 11) is 0. The van der Waals surface area contributed by atoms with Gasteiger partial charge in [0.1, 0.15) is 11.6 Å². The fraction of sp³-hybridized carbons (Fsp3) is 0.190. The molecule has 1 amide bonds. The number of aryl methyl sites for hydroxylation is 3. The molecule has 0 radical (unpaired) electrons. The van der Waals surface area contributed by atoms with E-state index in [1.807, 2.05) is 45.0 Å². The zero-order valence-corrected chi connectivity index (χ0v) is 16.5. The SMILES string of the molecule is Cc1cnc(NC(=O)/C(C#N)=C\c2cc(C)n(-c3ccccc3C)c2C)s1. The van der Waals surface area contributed by atoms with Crippen LogP contribution >= 0.6 is 11.3 Å². The Labute approximate surface area is 162 Å². The number of nitriles is 1. The van der Waals surface area contributed by atoms with Gasteiger partial charge < -0.3 is 4.57 Å². The zero-order chi connectivity index (χ0) is 19.6. The van der Waals surface area contributed by atoms with Gasteiger partial charge >= 0.3 is 0 Å². The van der Waals surface area contributed by atoms with Gasteiger partial charge in [-0.15, -0.1) is 11.3 Å². The third-order valence-electron chi connectivity index (χ3n) is 4.33. The standard InChI is InChI=1S/C21H20N4OS/c1-13-7-5-6-8-19(13)25-14(2)9-17(16(25)4)10-18(11-22)20(26)24-21-23-12-15(3)27-21/h5-10,12H,1-4H3,(H,23,24,26)/b18-10-. The molecule has 27 heavy (non-hydrogen) atoms. The van der Waals surface area contributed by atoms with Crippen molar-refractivity contribution in [3.8, 4) is 11.8 Å². The van der Waals surface area contributed by atoms with Gasteiger partial charge in [0.05, 0.1) is 0 Å². The van der Waals surface area contributed by atoms with Gasteiger partial charge in [-0.05, 0) is 57.0 Å². The molecule has 3 aromatic rings. The maximum atomic E-state index is 12.4. The molecule has 3 rings (SSSR count). The van der Waals surface area contributed by atoms with Gasteiger partial charge in [-0.2, -0.15) is 5.26 Å². The number of nitrogens with one attached hydrogen (secondary N) is 1. The second-order valence-corrected chi connectivity index (χ2v) is 7.58. The molecule has 2 aromatic heterocycles. The van der Waals surface area contributed by atoms with Crippen LogP contribution in [0, 0.1) is 39.0 Å². The lowest BCUT2D eigenvalue weighted by Crippen LogP contribution is -2.13. The molecule has 0 spiro atoms. The third kappa shape index (κ3) is 3.83. The number of aromatic nitrogens is 2. The molecule has 0 saturated heterocycles. The summed E-state index contributed by atoms with van der Waals surface area (Å²) < 4.78 is 2.14. The highest BCUT2D eigenvalue weighted by Gasteiger charge is 2.15. The van der Waals surface area contributed by atoms with Crippen LogP contribution in [0.2, 0.25) is 0 Å². The van der Waals surface area contributed by atoms with E-state index < -0.39 is 5.91 Å². The van der Waals surface area contributed by atoms with Crippen molar-refractivity contribution in [1.82, 2.24) is 9.55 Å². The molecule has 0 atom stereocenters. The lowest BCUT2D eigenvalue weighted by molar-refractivity contribution is -0.112. The Balaban J connectivity index is 1.96. The Morgan fingerprint density at radius 1 is 1.26 bits per heavy atom. The van der Waals surface area contributed by atoms with Crippen LogP contribution in [0.25, 0.3) is 11.8 Å². The zero-order valence-electron chi connectivity index (χ0n) is 15.7. The van der Waals surface area contributed by atoms with E-state index in [1.165, 1.54) is 11.3 Å². The van der Waals surface area contributed by atoms with Crippen LogP contribution in [-0.4, -0.2) is 15.5 Å². The second-order valence-electron chi connectivity index (χ2n) is 6.35. The second kappa shape index (κ2) is 7.60. The first kappa shape index (κ1) is 18.6. The van der Waals surface area contributed by atoms with E-state index in [2.05, 4.69) is 33.9 Å². The predicted molar refractivity (Wildman–Crippen MR) is 109 cm³/mol. The van der Waals surface area contributed by atoms with Crippen molar-refractivity contribution >= 4 is 28.5 Å². The van der Waals surface area contributed by atoms with E-state index >= 15 is 0 Å².